The molecule has 1 amide bonds. The Labute approximate surface area is 116 Å². The number of ether oxygens (including phenoxy) is 1. The minimum atomic E-state index is -0.501. The number of benzene rings is 1. The average molecular weight is 289 g/mol. The molecule has 4 nitrogen and oxygen atoms in total. The quantitative estimate of drug-likeness (QED) is 0.843. The maximum absolute atomic E-state index is 11.8. The number of carbonyl (C=O) groups excluding carboxylic acids is 1. The van der Waals surface area contributed by atoms with E-state index < -0.39 is 6.04 Å². The van der Waals surface area contributed by atoms with Crippen molar-refractivity contribution in [3.05, 3.63) is 23.2 Å². The van der Waals surface area contributed by atoms with Crippen molar-refractivity contribution < 1.29 is 9.53 Å². The summed E-state index contributed by atoms with van der Waals surface area (Å²) in [6, 6.07) is 4.55. The van der Waals surface area contributed by atoms with E-state index in [9.17, 15) is 4.79 Å². The minimum Gasteiger partial charge on any atom is -0.495 e. The average Bonchev–Trinajstić information content (AvgIpc) is 2.37. The molecular formula is C12H17ClN2O2S. The number of anilines is 1. The standard InChI is InChI=1S/C12H17ClN2O2S/c1-17-11-7-8(3-4-9(11)13)15-12(16)10(14)5-6-18-2/h3-4,7,10H,5-6,14H2,1-2H3,(H,15,16)/t10-/m1/s1. The Morgan fingerprint density at radius 3 is 2.94 bits per heavy atom. The van der Waals surface area contributed by atoms with Gasteiger partial charge in [0, 0.05) is 11.8 Å². The highest BCUT2D eigenvalue weighted by molar-refractivity contribution is 7.98. The van der Waals surface area contributed by atoms with Gasteiger partial charge in [-0.25, -0.2) is 0 Å². The predicted molar refractivity (Wildman–Crippen MR) is 77.6 cm³/mol. The fourth-order valence-corrected chi connectivity index (χ4v) is 2.03. The number of halogens is 1. The fraction of sp³-hybridized carbons (Fsp3) is 0.417. The first-order chi connectivity index (χ1) is 8.58. The Morgan fingerprint density at radius 2 is 2.33 bits per heavy atom. The van der Waals surface area contributed by atoms with Gasteiger partial charge in [-0.1, -0.05) is 11.6 Å². The fourth-order valence-electron chi connectivity index (χ4n) is 1.35. The lowest BCUT2D eigenvalue weighted by atomic mass is 10.2. The Bertz CT molecular complexity index is 415. The molecule has 100 valence electrons. The summed E-state index contributed by atoms with van der Waals surface area (Å²) in [5.41, 5.74) is 6.39. The molecule has 0 aliphatic heterocycles. The van der Waals surface area contributed by atoms with Gasteiger partial charge in [-0.2, -0.15) is 11.8 Å². The van der Waals surface area contributed by atoms with E-state index in [-0.39, 0.29) is 5.91 Å². The zero-order valence-corrected chi connectivity index (χ0v) is 12.0. The number of hydrogen-bond acceptors (Lipinski definition) is 4. The van der Waals surface area contributed by atoms with E-state index in [4.69, 9.17) is 22.1 Å². The second-order valence-electron chi connectivity index (χ2n) is 3.73. The smallest absolute Gasteiger partial charge is 0.241 e. The summed E-state index contributed by atoms with van der Waals surface area (Å²) < 4.78 is 5.07. The molecule has 0 heterocycles. The van der Waals surface area contributed by atoms with Crippen LogP contribution >= 0.6 is 23.4 Å². The van der Waals surface area contributed by atoms with Crippen molar-refractivity contribution in [3.63, 3.8) is 0 Å². The lowest BCUT2D eigenvalue weighted by Gasteiger charge is -2.12. The van der Waals surface area contributed by atoms with Crippen LogP contribution in [0, 0.1) is 0 Å². The van der Waals surface area contributed by atoms with Gasteiger partial charge in [0.1, 0.15) is 5.75 Å². The second kappa shape index (κ2) is 7.51. The molecule has 3 N–H and O–H groups in total. The number of nitrogens with one attached hydrogen (secondary N) is 1. The van der Waals surface area contributed by atoms with Gasteiger partial charge < -0.3 is 15.8 Å². The first-order valence-electron chi connectivity index (χ1n) is 5.47. The molecule has 0 saturated heterocycles. The van der Waals surface area contributed by atoms with Crippen LogP contribution in [-0.4, -0.2) is 31.1 Å². The van der Waals surface area contributed by atoms with Crippen LogP contribution in [0.1, 0.15) is 6.42 Å². The molecule has 0 spiro atoms. The number of rotatable bonds is 6. The van der Waals surface area contributed by atoms with Crippen molar-refractivity contribution in [3.8, 4) is 5.75 Å². The number of thioether (sulfide) groups is 1. The van der Waals surface area contributed by atoms with Crippen LogP contribution in [0.3, 0.4) is 0 Å². The van der Waals surface area contributed by atoms with E-state index in [1.54, 1.807) is 30.0 Å². The second-order valence-corrected chi connectivity index (χ2v) is 5.12. The molecule has 1 atom stereocenters. The highest BCUT2D eigenvalue weighted by Crippen LogP contribution is 2.27. The number of methoxy groups -OCH3 is 1. The van der Waals surface area contributed by atoms with Crippen molar-refractivity contribution in [2.24, 2.45) is 5.73 Å². The topological polar surface area (TPSA) is 64.3 Å². The first-order valence-corrected chi connectivity index (χ1v) is 7.24. The van der Waals surface area contributed by atoms with Crippen LogP contribution in [0.2, 0.25) is 5.02 Å². The van der Waals surface area contributed by atoms with Crippen LogP contribution in [-0.2, 0) is 4.79 Å². The lowest BCUT2D eigenvalue weighted by molar-refractivity contribution is -0.117. The molecule has 0 bridgehead atoms. The zero-order chi connectivity index (χ0) is 13.5. The Hall–Kier alpha value is -0.910. The molecule has 6 heteroatoms. The SMILES string of the molecule is COc1cc(NC(=O)[C@H](N)CCSC)ccc1Cl. The molecule has 0 aromatic heterocycles. The summed E-state index contributed by atoms with van der Waals surface area (Å²) in [5.74, 6) is 1.18. The van der Waals surface area contributed by atoms with Gasteiger partial charge in [0.15, 0.2) is 0 Å². The number of amides is 1. The van der Waals surface area contributed by atoms with Crippen LogP contribution in [0.25, 0.3) is 0 Å². The van der Waals surface area contributed by atoms with Crippen molar-refractivity contribution in [1.82, 2.24) is 0 Å². The summed E-state index contributed by atoms with van der Waals surface area (Å²) >= 11 is 7.56. The van der Waals surface area contributed by atoms with E-state index in [1.807, 2.05) is 6.26 Å². The summed E-state index contributed by atoms with van der Waals surface area (Å²) in [4.78, 5) is 11.8. The van der Waals surface area contributed by atoms with Crippen molar-refractivity contribution in [2.75, 3.05) is 24.4 Å². The van der Waals surface area contributed by atoms with Gasteiger partial charge >= 0.3 is 0 Å². The molecule has 0 aliphatic rings. The molecule has 0 aliphatic carbocycles. The summed E-state index contributed by atoms with van der Waals surface area (Å²) in [6.45, 7) is 0. The van der Waals surface area contributed by atoms with E-state index in [0.717, 1.165) is 5.75 Å². The molecule has 1 rings (SSSR count). The molecule has 0 unspecified atom stereocenters. The highest BCUT2D eigenvalue weighted by Gasteiger charge is 2.13. The van der Waals surface area contributed by atoms with Crippen LogP contribution in [0.15, 0.2) is 18.2 Å². The van der Waals surface area contributed by atoms with Gasteiger partial charge in [-0.3, -0.25) is 4.79 Å². The third kappa shape index (κ3) is 4.40. The number of nitrogens with two attached hydrogens (primary N) is 1. The molecule has 1 aromatic rings. The minimum absolute atomic E-state index is 0.201. The van der Waals surface area contributed by atoms with E-state index in [0.29, 0.717) is 22.9 Å². The monoisotopic (exact) mass is 288 g/mol. The van der Waals surface area contributed by atoms with Crippen molar-refractivity contribution in [1.29, 1.82) is 0 Å². The maximum atomic E-state index is 11.8. The Balaban J connectivity index is 2.64. The molecule has 0 saturated carbocycles. The predicted octanol–water partition coefficient (Wildman–Crippen LogP) is 2.37. The lowest BCUT2D eigenvalue weighted by Crippen LogP contribution is -2.36. The third-order valence-electron chi connectivity index (χ3n) is 2.39. The highest BCUT2D eigenvalue weighted by atomic mass is 35.5. The largest absolute Gasteiger partial charge is 0.495 e. The van der Waals surface area contributed by atoms with Gasteiger partial charge in [-0.15, -0.1) is 0 Å². The van der Waals surface area contributed by atoms with E-state index in [2.05, 4.69) is 5.32 Å². The molecule has 1 aromatic carbocycles. The first kappa shape index (κ1) is 15.1. The Kier molecular flexibility index (Phi) is 6.32. The number of hydrogen-bond donors (Lipinski definition) is 2. The third-order valence-corrected chi connectivity index (χ3v) is 3.34. The summed E-state index contributed by atoms with van der Waals surface area (Å²) in [7, 11) is 1.52. The summed E-state index contributed by atoms with van der Waals surface area (Å²) in [5, 5.41) is 3.24. The van der Waals surface area contributed by atoms with E-state index >= 15 is 0 Å². The molecule has 0 radical (unpaired) electrons. The van der Waals surface area contributed by atoms with Crippen LogP contribution in [0.4, 0.5) is 5.69 Å². The van der Waals surface area contributed by atoms with Crippen LogP contribution < -0.4 is 15.8 Å². The summed E-state index contributed by atoms with van der Waals surface area (Å²) in [6.07, 6.45) is 2.63. The van der Waals surface area contributed by atoms with Gasteiger partial charge in [0.2, 0.25) is 5.91 Å². The van der Waals surface area contributed by atoms with Crippen molar-refractivity contribution >= 4 is 35.0 Å². The maximum Gasteiger partial charge on any atom is 0.241 e. The zero-order valence-electron chi connectivity index (χ0n) is 10.4. The molecule has 0 fully saturated rings. The molecule has 18 heavy (non-hydrogen) atoms. The van der Waals surface area contributed by atoms with Gasteiger partial charge in [0.05, 0.1) is 18.2 Å². The van der Waals surface area contributed by atoms with Crippen LogP contribution in [0.5, 0.6) is 5.75 Å². The molecular weight excluding hydrogens is 272 g/mol. The van der Waals surface area contributed by atoms with Crippen molar-refractivity contribution in [2.45, 2.75) is 12.5 Å². The number of carbonyl (C=O) groups is 1. The van der Waals surface area contributed by atoms with Gasteiger partial charge in [-0.05, 0) is 30.6 Å². The van der Waals surface area contributed by atoms with Gasteiger partial charge in [0.25, 0.3) is 0 Å². The normalized spacial score (nSPS) is 12.0. The Morgan fingerprint density at radius 1 is 1.61 bits per heavy atom. The van der Waals surface area contributed by atoms with E-state index in [1.165, 1.54) is 7.11 Å².